The Hall–Kier alpha value is -1.05. The molecule has 0 bridgehead atoms. The molecule has 1 atom stereocenters. The number of nitrogens with zero attached hydrogens (tertiary/aromatic N) is 2. The van der Waals surface area contributed by atoms with E-state index >= 15 is 0 Å². The van der Waals surface area contributed by atoms with Gasteiger partial charge in [0.2, 0.25) is 0 Å². The standard InChI is InChI=1S/C19H24ClN3O2S.2ClH/c1-12-17(18(24)23-9-8-15(21)19(2,3)11-23)26-16(22-12)10-25-14-6-4-13(20)5-7-14;;/h4-7,15H,8-11,21H2,1-3H3;2*1H. The number of nitrogens with two attached hydrogens (primary N) is 1. The molecule has 1 unspecified atom stereocenters. The lowest BCUT2D eigenvalue weighted by Gasteiger charge is -2.42. The van der Waals surface area contributed by atoms with Crippen molar-refractivity contribution in [3.63, 3.8) is 0 Å². The van der Waals surface area contributed by atoms with Gasteiger partial charge in [0.1, 0.15) is 22.2 Å². The van der Waals surface area contributed by atoms with E-state index in [1.807, 2.05) is 24.0 Å². The minimum Gasteiger partial charge on any atom is -0.486 e. The number of carbonyl (C=O) groups is 1. The van der Waals surface area contributed by atoms with Crippen LogP contribution in [0.1, 0.15) is 40.6 Å². The first-order valence-electron chi connectivity index (χ1n) is 8.66. The average Bonchev–Trinajstić information content (AvgIpc) is 2.97. The summed E-state index contributed by atoms with van der Waals surface area (Å²) in [4.78, 5) is 20.0. The first-order valence-corrected chi connectivity index (χ1v) is 9.85. The topological polar surface area (TPSA) is 68.5 Å². The van der Waals surface area contributed by atoms with Crippen LogP contribution < -0.4 is 10.5 Å². The number of hydrogen-bond acceptors (Lipinski definition) is 5. The Kier molecular flexibility index (Phi) is 9.03. The van der Waals surface area contributed by atoms with Crippen molar-refractivity contribution in [2.45, 2.75) is 39.8 Å². The first kappa shape index (κ1) is 25.0. The van der Waals surface area contributed by atoms with E-state index in [0.29, 0.717) is 29.6 Å². The molecule has 156 valence electrons. The number of thiazole rings is 1. The maximum Gasteiger partial charge on any atom is 0.265 e. The highest BCUT2D eigenvalue weighted by atomic mass is 35.5. The number of hydrogen-bond donors (Lipinski definition) is 1. The largest absolute Gasteiger partial charge is 0.486 e. The van der Waals surface area contributed by atoms with Crippen molar-refractivity contribution in [1.82, 2.24) is 9.88 Å². The second-order valence-corrected chi connectivity index (χ2v) is 8.90. The zero-order valence-electron chi connectivity index (χ0n) is 16.1. The third-order valence-electron chi connectivity index (χ3n) is 4.81. The Morgan fingerprint density at radius 2 is 2.00 bits per heavy atom. The van der Waals surface area contributed by atoms with Crippen molar-refractivity contribution in [3.8, 4) is 5.75 Å². The highest BCUT2D eigenvalue weighted by Crippen LogP contribution is 2.30. The van der Waals surface area contributed by atoms with E-state index in [2.05, 4.69) is 18.8 Å². The van der Waals surface area contributed by atoms with Gasteiger partial charge in [-0.3, -0.25) is 4.79 Å². The predicted molar refractivity (Wildman–Crippen MR) is 119 cm³/mol. The van der Waals surface area contributed by atoms with Crippen molar-refractivity contribution in [3.05, 3.63) is 44.9 Å². The lowest BCUT2D eigenvalue weighted by molar-refractivity contribution is 0.0536. The molecule has 2 heterocycles. The number of rotatable bonds is 4. The fraction of sp³-hybridized carbons (Fsp3) is 0.474. The normalized spacial score (nSPS) is 18.0. The first-order chi connectivity index (χ1) is 12.3. The average molecular weight is 467 g/mol. The lowest BCUT2D eigenvalue weighted by Crippen LogP contribution is -2.53. The number of aryl methyl sites for hydroxylation is 1. The van der Waals surface area contributed by atoms with E-state index in [0.717, 1.165) is 22.9 Å². The number of benzene rings is 1. The molecule has 2 aromatic rings. The number of amides is 1. The van der Waals surface area contributed by atoms with Crippen LogP contribution in [-0.2, 0) is 6.61 Å². The fourth-order valence-electron chi connectivity index (χ4n) is 3.08. The van der Waals surface area contributed by atoms with Gasteiger partial charge in [-0.15, -0.1) is 36.2 Å². The van der Waals surface area contributed by atoms with Crippen LogP contribution in [0, 0.1) is 12.3 Å². The van der Waals surface area contributed by atoms with Gasteiger partial charge in [-0.05, 0) is 43.0 Å². The van der Waals surface area contributed by atoms with E-state index in [1.165, 1.54) is 11.3 Å². The molecule has 28 heavy (non-hydrogen) atoms. The molecule has 0 saturated carbocycles. The summed E-state index contributed by atoms with van der Waals surface area (Å²) in [6.45, 7) is 7.79. The maximum atomic E-state index is 12.9. The van der Waals surface area contributed by atoms with E-state index in [1.54, 1.807) is 12.1 Å². The van der Waals surface area contributed by atoms with Gasteiger partial charge in [0.25, 0.3) is 5.91 Å². The lowest BCUT2D eigenvalue weighted by atomic mass is 9.79. The molecule has 0 radical (unpaired) electrons. The van der Waals surface area contributed by atoms with Crippen LogP contribution in [0.3, 0.4) is 0 Å². The van der Waals surface area contributed by atoms with Crippen LogP contribution in [0.2, 0.25) is 5.02 Å². The molecule has 1 aliphatic heterocycles. The van der Waals surface area contributed by atoms with E-state index in [9.17, 15) is 4.79 Å². The van der Waals surface area contributed by atoms with Crippen molar-refractivity contribution in [2.75, 3.05) is 13.1 Å². The van der Waals surface area contributed by atoms with Gasteiger partial charge < -0.3 is 15.4 Å². The second kappa shape index (κ2) is 10.1. The fourth-order valence-corrected chi connectivity index (χ4v) is 4.15. The Morgan fingerprint density at radius 1 is 1.36 bits per heavy atom. The van der Waals surface area contributed by atoms with Crippen LogP contribution in [-0.4, -0.2) is 34.9 Å². The van der Waals surface area contributed by atoms with Gasteiger partial charge >= 0.3 is 0 Å². The Bertz CT molecular complexity index is 796. The number of carbonyl (C=O) groups excluding carboxylic acids is 1. The Labute approximate surface area is 187 Å². The van der Waals surface area contributed by atoms with Crippen molar-refractivity contribution >= 4 is 53.7 Å². The summed E-state index contributed by atoms with van der Waals surface area (Å²) < 4.78 is 5.74. The molecular weight excluding hydrogens is 441 g/mol. The monoisotopic (exact) mass is 465 g/mol. The van der Waals surface area contributed by atoms with Crippen molar-refractivity contribution < 1.29 is 9.53 Å². The highest BCUT2D eigenvalue weighted by Gasteiger charge is 2.36. The third-order valence-corrected chi connectivity index (χ3v) is 6.18. The maximum absolute atomic E-state index is 12.9. The molecule has 1 aromatic heterocycles. The molecule has 1 fully saturated rings. The summed E-state index contributed by atoms with van der Waals surface area (Å²) in [5.74, 6) is 0.764. The van der Waals surface area contributed by atoms with E-state index < -0.39 is 0 Å². The summed E-state index contributed by atoms with van der Waals surface area (Å²) in [6.07, 6.45) is 0.823. The zero-order chi connectivity index (χ0) is 18.9. The van der Waals surface area contributed by atoms with Crippen molar-refractivity contribution in [1.29, 1.82) is 0 Å². The van der Waals surface area contributed by atoms with Gasteiger partial charge in [0.15, 0.2) is 0 Å². The van der Waals surface area contributed by atoms with Gasteiger partial charge in [-0.25, -0.2) is 4.98 Å². The molecule has 3 rings (SSSR count). The molecule has 5 nitrogen and oxygen atoms in total. The molecule has 1 amide bonds. The summed E-state index contributed by atoms with van der Waals surface area (Å²) in [5.41, 5.74) is 6.86. The predicted octanol–water partition coefficient (Wildman–Crippen LogP) is 4.73. The molecule has 1 saturated heterocycles. The van der Waals surface area contributed by atoms with E-state index in [4.69, 9.17) is 22.1 Å². The minimum atomic E-state index is -0.0764. The molecule has 0 spiro atoms. The van der Waals surface area contributed by atoms with Crippen LogP contribution in [0.4, 0.5) is 0 Å². The molecule has 1 aromatic carbocycles. The number of piperidine rings is 1. The number of halogens is 3. The smallest absolute Gasteiger partial charge is 0.265 e. The minimum absolute atomic E-state index is 0. The Balaban J connectivity index is 0.00000196. The molecule has 2 N–H and O–H groups in total. The highest BCUT2D eigenvalue weighted by molar-refractivity contribution is 7.13. The molecule has 0 aliphatic carbocycles. The third kappa shape index (κ3) is 5.74. The van der Waals surface area contributed by atoms with Gasteiger partial charge in [-0.1, -0.05) is 25.4 Å². The quantitative estimate of drug-likeness (QED) is 0.707. The number of aromatic nitrogens is 1. The van der Waals surface area contributed by atoms with Gasteiger partial charge in [0, 0.05) is 24.2 Å². The van der Waals surface area contributed by atoms with Gasteiger partial charge in [-0.2, -0.15) is 0 Å². The van der Waals surface area contributed by atoms with Crippen LogP contribution in [0.5, 0.6) is 5.75 Å². The molecule has 1 aliphatic rings. The van der Waals surface area contributed by atoms with E-state index in [-0.39, 0.29) is 42.2 Å². The SMILES string of the molecule is Cc1nc(COc2ccc(Cl)cc2)sc1C(=O)N1CCC(N)C(C)(C)C1.Cl.Cl. The molecule has 9 heteroatoms. The Morgan fingerprint density at radius 3 is 2.61 bits per heavy atom. The molecular formula is C19H26Cl3N3O2S. The second-order valence-electron chi connectivity index (χ2n) is 7.38. The number of ether oxygens (including phenoxy) is 1. The summed E-state index contributed by atoms with van der Waals surface area (Å²) >= 11 is 7.27. The van der Waals surface area contributed by atoms with Crippen LogP contribution in [0.25, 0.3) is 0 Å². The summed E-state index contributed by atoms with van der Waals surface area (Å²) in [7, 11) is 0. The number of likely N-dealkylation sites (tertiary alicyclic amines) is 1. The zero-order valence-corrected chi connectivity index (χ0v) is 19.3. The van der Waals surface area contributed by atoms with Crippen molar-refractivity contribution in [2.24, 2.45) is 11.1 Å². The van der Waals surface area contributed by atoms with Crippen LogP contribution >= 0.6 is 47.8 Å². The summed E-state index contributed by atoms with van der Waals surface area (Å²) in [5, 5.41) is 1.45. The van der Waals surface area contributed by atoms with Gasteiger partial charge in [0.05, 0.1) is 5.69 Å². The van der Waals surface area contributed by atoms with Crippen LogP contribution in [0.15, 0.2) is 24.3 Å². The summed E-state index contributed by atoms with van der Waals surface area (Å²) in [6, 6.07) is 7.31.